The lowest BCUT2D eigenvalue weighted by atomic mass is 9.84. The van der Waals surface area contributed by atoms with Crippen molar-refractivity contribution in [3.8, 4) is 0 Å². The van der Waals surface area contributed by atoms with Gasteiger partial charge in [0.15, 0.2) is 5.96 Å². The van der Waals surface area contributed by atoms with Crippen LogP contribution in [-0.4, -0.2) is 46.6 Å². The third kappa shape index (κ3) is 4.54. The van der Waals surface area contributed by atoms with Gasteiger partial charge < -0.3 is 14.8 Å². The summed E-state index contributed by atoms with van der Waals surface area (Å²) in [5, 5.41) is 3.43. The van der Waals surface area contributed by atoms with E-state index in [2.05, 4.69) is 33.6 Å². The molecule has 0 radical (unpaired) electrons. The Morgan fingerprint density at radius 1 is 1.36 bits per heavy atom. The van der Waals surface area contributed by atoms with Crippen LogP contribution in [0.15, 0.2) is 48.0 Å². The smallest absolute Gasteiger partial charge is 0.194 e. The van der Waals surface area contributed by atoms with Crippen molar-refractivity contribution in [2.75, 3.05) is 26.2 Å². The van der Waals surface area contributed by atoms with Crippen LogP contribution in [0.25, 0.3) is 0 Å². The summed E-state index contributed by atoms with van der Waals surface area (Å²) in [5.41, 5.74) is 0.330. The van der Waals surface area contributed by atoms with Crippen LogP contribution in [0.1, 0.15) is 45.7 Å². The van der Waals surface area contributed by atoms with Crippen molar-refractivity contribution in [2.45, 2.75) is 45.6 Å². The molecule has 2 heterocycles. The summed E-state index contributed by atoms with van der Waals surface area (Å²) in [6.07, 6.45) is 6.87. The molecule has 152 valence electrons. The highest BCUT2D eigenvalue weighted by atomic mass is 19.1. The average Bonchev–Trinajstić information content (AvgIpc) is 3.20. The van der Waals surface area contributed by atoms with Gasteiger partial charge in [0.05, 0.1) is 18.9 Å². The minimum absolute atomic E-state index is 0.167. The molecule has 0 spiro atoms. The molecule has 1 N–H and O–H groups in total. The van der Waals surface area contributed by atoms with Gasteiger partial charge in [-0.15, -0.1) is 0 Å². The monoisotopic (exact) mass is 385 g/mol. The first kappa shape index (κ1) is 20.4. The number of benzene rings is 1. The molecule has 1 aromatic carbocycles. The SMILES string of the molecule is CCNC(=NCC(C)(C)c1ccccc1F)N1CCC(C)C(n2ccnc2)C1. The second kappa shape index (κ2) is 8.76. The Kier molecular flexibility index (Phi) is 6.37. The summed E-state index contributed by atoms with van der Waals surface area (Å²) in [6, 6.07) is 7.37. The third-order valence-electron chi connectivity index (χ3n) is 5.69. The van der Waals surface area contributed by atoms with E-state index in [1.807, 2.05) is 44.7 Å². The van der Waals surface area contributed by atoms with Crippen molar-refractivity contribution >= 4 is 5.96 Å². The number of imidazole rings is 1. The molecule has 1 aromatic heterocycles. The van der Waals surface area contributed by atoms with Crippen LogP contribution in [0.5, 0.6) is 0 Å². The molecule has 2 unspecified atom stereocenters. The van der Waals surface area contributed by atoms with Crippen molar-refractivity contribution in [1.82, 2.24) is 19.8 Å². The van der Waals surface area contributed by atoms with Crippen LogP contribution in [-0.2, 0) is 5.41 Å². The van der Waals surface area contributed by atoms with Crippen LogP contribution in [0.4, 0.5) is 4.39 Å². The predicted molar refractivity (Wildman–Crippen MR) is 112 cm³/mol. The van der Waals surface area contributed by atoms with Crippen LogP contribution < -0.4 is 5.32 Å². The van der Waals surface area contributed by atoms with Gasteiger partial charge in [0, 0.05) is 37.4 Å². The molecular weight excluding hydrogens is 353 g/mol. The molecule has 1 saturated heterocycles. The van der Waals surface area contributed by atoms with Gasteiger partial charge in [0.2, 0.25) is 0 Å². The second-order valence-corrected chi connectivity index (χ2v) is 8.32. The van der Waals surface area contributed by atoms with Gasteiger partial charge in [-0.05, 0) is 30.9 Å². The number of hydrogen-bond acceptors (Lipinski definition) is 2. The number of halogens is 1. The van der Waals surface area contributed by atoms with E-state index >= 15 is 0 Å². The molecule has 5 nitrogen and oxygen atoms in total. The van der Waals surface area contributed by atoms with Gasteiger partial charge in [0.25, 0.3) is 0 Å². The minimum atomic E-state index is -0.376. The highest BCUT2D eigenvalue weighted by molar-refractivity contribution is 5.80. The van der Waals surface area contributed by atoms with Crippen molar-refractivity contribution in [2.24, 2.45) is 10.9 Å². The largest absolute Gasteiger partial charge is 0.357 e. The number of nitrogens with zero attached hydrogens (tertiary/aromatic N) is 4. The van der Waals surface area contributed by atoms with E-state index in [-0.39, 0.29) is 11.2 Å². The Hall–Kier alpha value is -2.37. The maximum absolute atomic E-state index is 14.3. The molecule has 0 saturated carbocycles. The molecule has 3 rings (SSSR count). The summed E-state index contributed by atoms with van der Waals surface area (Å²) < 4.78 is 16.5. The number of piperidine rings is 1. The molecular formula is C22H32FN5. The second-order valence-electron chi connectivity index (χ2n) is 8.32. The van der Waals surface area contributed by atoms with E-state index in [0.29, 0.717) is 24.1 Å². The number of hydrogen-bond donors (Lipinski definition) is 1. The molecule has 2 aromatic rings. The van der Waals surface area contributed by atoms with E-state index in [1.54, 1.807) is 6.07 Å². The summed E-state index contributed by atoms with van der Waals surface area (Å²) in [5.74, 6) is 1.33. The number of likely N-dealkylation sites (tertiary alicyclic amines) is 1. The van der Waals surface area contributed by atoms with Gasteiger partial charge in [-0.3, -0.25) is 4.99 Å². The molecule has 0 aliphatic carbocycles. The van der Waals surface area contributed by atoms with E-state index in [4.69, 9.17) is 4.99 Å². The summed E-state index contributed by atoms with van der Waals surface area (Å²) in [4.78, 5) is 11.4. The van der Waals surface area contributed by atoms with Gasteiger partial charge in [-0.1, -0.05) is 39.0 Å². The van der Waals surface area contributed by atoms with Gasteiger partial charge in [-0.2, -0.15) is 0 Å². The fourth-order valence-electron chi connectivity index (χ4n) is 3.89. The molecule has 6 heteroatoms. The lowest BCUT2D eigenvalue weighted by Crippen LogP contribution is -2.49. The highest BCUT2D eigenvalue weighted by Gasteiger charge is 2.30. The molecule has 28 heavy (non-hydrogen) atoms. The minimum Gasteiger partial charge on any atom is -0.357 e. The molecule has 0 amide bonds. The van der Waals surface area contributed by atoms with E-state index in [0.717, 1.165) is 32.0 Å². The Balaban J connectivity index is 1.78. The zero-order valence-electron chi connectivity index (χ0n) is 17.4. The lowest BCUT2D eigenvalue weighted by molar-refractivity contribution is 0.188. The van der Waals surface area contributed by atoms with Crippen molar-refractivity contribution in [1.29, 1.82) is 0 Å². The number of rotatable bonds is 5. The van der Waals surface area contributed by atoms with Crippen LogP contribution >= 0.6 is 0 Å². The first-order valence-electron chi connectivity index (χ1n) is 10.2. The normalized spacial score (nSPS) is 21.0. The number of aromatic nitrogens is 2. The Morgan fingerprint density at radius 2 is 2.14 bits per heavy atom. The molecule has 1 aliphatic heterocycles. The zero-order valence-corrected chi connectivity index (χ0v) is 17.4. The average molecular weight is 386 g/mol. The summed E-state index contributed by atoms with van der Waals surface area (Å²) >= 11 is 0. The van der Waals surface area contributed by atoms with Crippen LogP contribution in [0.3, 0.4) is 0 Å². The predicted octanol–water partition coefficient (Wildman–Crippen LogP) is 3.85. The third-order valence-corrected chi connectivity index (χ3v) is 5.69. The first-order valence-corrected chi connectivity index (χ1v) is 10.2. The highest BCUT2D eigenvalue weighted by Crippen LogP contribution is 2.29. The van der Waals surface area contributed by atoms with E-state index in [1.165, 1.54) is 6.07 Å². The molecule has 0 bridgehead atoms. The summed E-state index contributed by atoms with van der Waals surface area (Å²) in [6.45, 7) is 11.7. The van der Waals surface area contributed by atoms with Crippen LogP contribution in [0, 0.1) is 11.7 Å². The van der Waals surface area contributed by atoms with Crippen molar-refractivity contribution < 1.29 is 4.39 Å². The fraction of sp³-hybridized carbons (Fsp3) is 0.545. The van der Waals surface area contributed by atoms with Crippen LogP contribution in [0.2, 0.25) is 0 Å². The van der Waals surface area contributed by atoms with Gasteiger partial charge >= 0.3 is 0 Å². The summed E-state index contributed by atoms with van der Waals surface area (Å²) in [7, 11) is 0. The lowest BCUT2D eigenvalue weighted by Gasteiger charge is -2.39. The molecule has 1 fully saturated rings. The van der Waals surface area contributed by atoms with E-state index in [9.17, 15) is 4.39 Å². The first-order chi connectivity index (χ1) is 13.4. The Bertz CT molecular complexity index is 784. The van der Waals surface area contributed by atoms with Crippen molar-refractivity contribution in [3.63, 3.8) is 0 Å². The maximum atomic E-state index is 14.3. The molecule has 2 atom stereocenters. The fourth-order valence-corrected chi connectivity index (χ4v) is 3.89. The quantitative estimate of drug-likeness (QED) is 0.628. The van der Waals surface area contributed by atoms with E-state index < -0.39 is 0 Å². The number of aliphatic imine (C=N–C) groups is 1. The van der Waals surface area contributed by atoms with Gasteiger partial charge in [0.1, 0.15) is 5.82 Å². The zero-order chi connectivity index (χ0) is 20.1. The Morgan fingerprint density at radius 3 is 2.82 bits per heavy atom. The maximum Gasteiger partial charge on any atom is 0.194 e. The number of guanidine groups is 1. The standard InChI is InChI=1S/C22H32FN5/c1-5-25-21(26-15-22(3,4)18-8-6-7-9-19(18)23)27-12-10-17(2)20(14-27)28-13-11-24-16-28/h6-9,11,13,16-17,20H,5,10,12,14-15H2,1-4H3,(H,25,26). The van der Waals surface area contributed by atoms with Crippen molar-refractivity contribution in [3.05, 3.63) is 54.4 Å². The van der Waals surface area contributed by atoms with Gasteiger partial charge in [-0.25, -0.2) is 9.37 Å². The number of nitrogens with one attached hydrogen (secondary N) is 1. The Labute approximate surface area is 167 Å². The topological polar surface area (TPSA) is 45.5 Å². The molecule has 1 aliphatic rings.